The van der Waals surface area contributed by atoms with Crippen molar-refractivity contribution in [3.8, 4) is 10.4 Å². The van der Waals surface area contributed by atoms with Crippen LogP contribution in [0.5, 0.6) is 0 Å². The van der Waals surface area contributed by atoms with Crippen molar-refractivity contribution in [2.45, 2.75) is 52.6 Å². The number of nitrogens with zero attached hydrogens (tertiary/aromatic N) is 2. The highest BCUT2D eigenvalue weighted by Crippen LogP contribution is 2.27. The average Bonchev–Trinajstić information content (AvgIpc) is 3.43. The van der Waals surface area contributed by atoms with Gasteiger partial charge in [0.2, 0.25) is 11.8 Å². The number of amides is 2. The van der Waals surface area contributed by atoms with Gasteiger partial charge in [-0.15, -0.1) is 11.3 Å². The zero-order chi connectivity index (χ0) is 22.5. The fourth-order valence-electron chi connectivity index (χ4n) is 3.11. The van der Waals surface area contributed by atoms with Gasteiger partial charge in [-0.05, 0) is 30.9 Å². The third kappa shape index (κ3) is 7.19. The van der Waals surface area contributed by atoms with Crippen LogP contribution in [0, 0.1) is 6.92 Å². The summed E-state index contributed by atoms with van der Waals surface area (Å²) in [5, 5.41) is 9.93. The van der Waals surface area contributed by atoms with Crippen molar-refractivity contribution < 1.29 is 14.7 Å². The summed E-state index contributed by atoms with van der Waals surface area (Å²) in [7, 11) is 1.00. The molecule has 0 aliphatic carbocycles. The second-order valence-corrected chi connectivity index (χ2v) is 7.69. The van der Waals surface area contributed by atoms with Crippen molar-refractivity contribution in [3.05, 3.63) is 41.0 Å². The van der Waals surface area contributed by atoms with E-state index in [0.29, 0.717) is 19.5 Å². The van der Waals surface area contributed by atoms with Crippen LogP contribution in [0.15, 0.2) is 29.8 Å². The molecule has 0 bridgehead atoms. The predicted octanol–water partition coefficient (Wildman–Crippen LogP) is 2.71. The van der Waals surface area contributed by atoms with Crippen molar-refractivity contribution in [2.75, 3.05) is 20.2 Å². The van der Waals surface area contributed by atoms with Crippen LogP contribution >= 0.6 is 11.3 Å². The quantitative estimate of drug-likeness (QED) is 0.670. The highest BCUT2D eigenvalue weighted by atomic mass is 32.1. The summed E-state index contributed by atoms with van der Waals surface area (Å²) in [6, 6.07) is 7.71. The zero-order valence-electron chi connectivity index (χ0n) is 18.4. The Kier molecular flexibility index (Phi) is 11.9. The number of thiazole rings is 1. The van der Waals surface area contributed by atoms with Gasteiger partial charge in [0.05, 0.1) is 22.6 Å². The van der Waals surface area contributed by atoms with Crippen LogP contribution in [-0.2, 0) is 16.1 Å². The van der Waals surface area contributed by atoms with Crippen LogP contribution in [0.3, 0.4) is 0 Å². The Morgan fingerprint density at radius 2 is 1.90 bits per heavy atom. The molecule has 30 heavy (non-hydrogen) atoms. The Hall–Kier alpha value is -2.29. The van der Waals surface area contributed by atoms with E-state index in [2.05, 4.69) is 24.1 Å². The van der Waals surface area contributed by atoms with Gasteiger partial charge in [-0.3, -0.25) is 9.59 Å². The van der Waals surface area contributed by atoms with E-state index >= 15 is 0 Å². The Morgan fingerprint density at radius 3 is 2.43 bits per heavy atom. The van der Waals surface area contributed by atoms with E-state index in [-0.39, 0.29) is 18.4 Å². The van der Waals surface area contributed by atoms with E-state index in [1.165, 1.54) is 6.42 Å². The number of aryl methyl sites for hydroxylation is 1. The number of likely N-dealkylation sites (tertiary alicyclic amines) is 1. The molecular weight excluding hydrogens is 400 g/mol. The molecule has 1 aliphatic rings. The molecule has 3 rings (SSSR count). The second-order valence-electron chi connectivity index (χ2n) is 6.84. The lowest BCUT2D eigenvalue weighted by Gasteiger charge is -2.23. The number of nitrogens with one attached hydrogen (secondary N) is 1. The molecule has 8 heteroatoms. The second kappa shape index (κ2) is 13.8. The lowest BCUT2D eigenvalue weighted by atomic mass is 10.1. The predicted molar refractivity (Wildman–Crippen MR) is 122 cm³/mol. The summed E-state index contributed by atoms with van der Waals surface area (Å²) in [5.74, 6) is -0.274. The van der Waals surface area contributed by atoms with Gasteiger partial charge in [-0.25, -0.2) is 4.98 Å². The minimum Gasteiger partial charge on any atom is -0.400 e. The van der Waals surface area contributed by atoms with E-state index in [1.54, 1.807) is 16.2 Å². The first-order valence-electron chi connectivity index (χ1n) is 10.2. The minimum absolute atomic E-state index is 0.0533. The van der Waals surface area contributed by atoms with Gasteiger partial charge >= 0.3 is 0 Å². The fraction of sp³-hybridized carbons (Fsp3) is 0.500. The summed E-state index contributed by atoms with van der Waals surface area (Å²) in [6.45, 7) is 7.25. The number of hydrogen-bond acceptors (Lipinski definition) is 6. The standard InChI is InChI=1S/C18H22N4O2S.C3H8.CH4O/c1-12-17(25-11-21-12)14-6-4-13(5-7-14)10-20-18(24)15-3-2-8-22(15)16(23)9-19;1-3-2;1-2/h4-7,11,15H,2-3,8-10,19H2,1H3,(H,20,24);3H2,1-2H3;2H,1H3. The topological polar surface area (TPSA) is 109 Å². The maximum absolute atomic E-state index is 12.4. The molecule has 1 aromatic carbocycles. The first kappa shape index (κ1) is 25.7. The van der Waals surface area contributed by atoms with Gasteiger partial charge < -0.3 is 21.1 Å². The van der Waals surface area contributed by atoms with E-state index in [9.17, 15) is 9.59 Å². The molecule has 2 aromatic rings. The number of nitrogens with two attached hydrogens (primary N) is 1. The number of carbonyl (C=O) groups is 2. The monoisotopic (exact) mass is 434 g/mol. The molecule has 0 spiro atoms. The molecule has 1 aliphatic heterocycles. The number of hydrogen-bond donors (Lipinski definition) is 3. The van der Waals surface area contributed by atoms with Gasteiger partial charge in [0, 0.05) is 20.2 Å². The Labute approximate surface area is 183 Å². The minimum atomic E-state index is -0.393. The average molecular weight is 435 g/mol. The van der Waals surface area contributed by atoms with Crippen molar-refractivity contribution in [2.24, 2.45) is 5.73 Å². The number of benzene rings is 1. The molecule has 1 unspecified atom stereocenters. The third-order valence-electron chi connectivity index (χ3n) is 4.48. The van der Waals surface area contributed by atoms with Crippen LogP contribution in [-0.4, -0.2) is 53.0 Å². The highest BCUT2D eigenvalue weighted by molar-refractivity contribution is 7.13. The van der Waals surface area contributed by atoms with E-state index < -0.39 is 6.04 Å². The third-order valence-corrected chi connectivity index (χ3v) is 5.46. The van der Waals surface area contributed by atoms with Crippen LogP contribution in [0.1, 0.15) is 44.4 Å². The Morgan fingerprint density at radius 1 is 1.27 bits per heavy atom. The Bertz CT molecular complexity index is 777. The van der Waals surface area contributed by atoms with Crippen molar-refractivity contribution in [3.63, 3.8) is 0 Å². The molecule has 0 saturated carbocycles. The van der Waals surface area contributed by atoms with Crippen LogP contribution in [0.4, 0.5) is 0 Å². The molecule has 1 saturated heterocycles. The summed E-state index contributed by atoms with van der Waals surface area (Å²) < 4.78 is 0. The smallest absolute Gasteiger partial charge is 0.243 e. The molecular formula is C22H34N4O3S. The van der Waals surface area contributed by atoms with Crippen LogP contribution in [0.25, 0.3) is 10.4 Å². The number of carbonyl (C=O) groups excluding carboxylic acids is 2. The van der Waals surface area contributed by atoms with Crippen molar-refractivity contribution in [1.82, 2.24) is 15.2 Å². The molecule has 4 N–H and O–H groups in total. The van der Waals surface area contributed by atoms with Gasteiger partial charge in [0.1, 0.15) is 6.04 Å². The van der Waals surface area contributed by atoms with Gasteiger partial charge in [-0.2, -0.15) is 0 Å². The molecule has 2 amide bonds. The lowest BCUT2D eigenvalue weighted by Crippen LogP contribution is -2.47. The largest absolute Gasteiger partial charge is 0.400 e. The summed E-state index contributed by atoms with van der Waals surface area (Å²) >= 11 is 1.62. The highest BCUT2D eigenvalue weighted by Gasteiger charge is 2.33. The number of aromatic nitrogens is 1. The van der Waals surface area contributed by atoms with Gasteiger partial charge in [0.15, 0.2) is 0 Å². The first-order valence-corrected chi connectivity index (χ1v) is 11.1. The maximum Gasteiger partial charge on any atom is 0.243 e. The van der Waals surface area contributed by atoms with Crippen molar-refractivity contribution >= 4 is 23.2 Å². The van der Waals surface area contributed by atoms with Crippen LogP contribution < -0.4 is 11.1 Å². The van der Waals surface area contributed by atoms with Gasteiger partial charge in [-0.1, -0.05) is 44.5 Å². The summed E-state index contributed by atoms with van der Waals surface area (Å²) in [5.41, 5.74) is 10.4. The van der Waals surface area contributed by atoms with Crippen molar-refractivity contribution in [1.29, 1.82) is 0 Å². The van der Waals surface area contributed by atoms with Crippen LogP contribution in [0.2, 0.25) is 0 Å². The van der Waals surface area contributed by atoms with E-state index in [0.717, 1.165) is 35.2 Å². The lowest BCUT2D eigenvalue weighted by molar-refractivity contribution is -0.137. The normalized spacial score (nSPS) is 14.9. The Balaban J connectivity index is 0.000000826. The van der Waals surface area contributed by atoms with E-state index in [4.69, 9.17) is 10.8 Å². The molecule has 1 atom stereocenters. The summed E-state index contributed by atoms with van der Waals surface area (Å²) in [4.78, 5) is 31.2. The number of aliphatic hydroxyl groups is 1. The van der Waals surface area contributed by atoms with E-state index in [1.807, 2.05) is 36.7 Å². The molecule has 2 heterocycles. The fourth-order valence-corrected chi connectivity index (χ4v) is 3.93. The zero-order valence-corrected chi connectivity index (χ0v) is 19.2. The summed E-state index contributed by atoms with van der Waals surface area (Å²) in [6.07, 6.45) is 2.79. The molecule has 0 radical (unpaired) electrons. The molecule has 166 valence electrons. The maximum atomic E-state index is 12.4. The van der Waals surface area contributed by atoms with Gasteiger partial charge in [0.25, 0.3) is 0 Å². The first-order chi connectivity index (χ1) is 14.5. The number of rotatable bonds is 5. The molecule has 7 nitrogen and oxygen atoms in total. The molecule has 1 aromatic heterocycles. The number of aliphatic hydroxyl groups excluding tert-OH is 1. The molecule has 1 fully saturated rings. The SMILES string of the molecule is CCC.CO.Cc1ncsc1-c1ccc(CNC(=O)C2CCCN2C(=O)CN)cc1.